The van der Waals surface area contributed by atoms with Gasteiger partial charge in [0, 0.05) is 18.7 Å². The van der Waals surface area contributed by atoms with Crippen molar-refractivity contribution in [2.45, 2.75) is 13.5 Å². The van der Waals surface area contributed by atoms with Gasteiger partial charge in [0.15, 0.2) is 0 Å². The van der Waals surface area contributed by atoms with E-state index < -0.39 is 48.0 Å². The minimum absolute atomic E-state index is 0.00417. The van der Waals surface area contributed by atoms with Gasteiger partial charge in [0.2, 0.25) is 0 Å². The molecular weight excluding hydrogens is 399 g/mol. The van der Waals surface area contributed by atoms with E-state index in [4.69, 9.17) is 26.2 Å². The molecule has 1 aromatic carbocycles. The molecule has 0 saturated carbocycles. The molecule has 0 unspecified atom stereocenters. The van der Waals surface area contributed by atoms with Crippen LogP contribution in [0.2, 0.25) is 0 Å². The first-order chi connectivity index (χ1) is 15.9. The average molecular weight is 424 g/mol. The van der Waals surface area contributed by atoms with E-state index in [-0.39, 0.29) is 36.0 Å². The zero-order chi connectivity index (χ0) is 26.0. The summed E-state index contributed by atoms with van der Waals surface area (Å²) in [6.07, 6.45) is 0.446. The third-order valence-corrected chi connectivity index (χ3v) is 2.90. The summed E-state index contributed by atoms with van der Waals surface area (Å²) in [6.45, 7) is 1.75. The van der Waals surface area contributed by atoms with E-state index >= 15 is 0 Å². The molecule has 0 aliphatic rings. The monoisotopic (exact) mass is 424 g/mol. The van der Waals surface area contributed by atoms with E-state index in [0.29, 0.717) is 12.2 Å². The minimum atomic E-state index is -1.26. The van der Waals surface area contributed by atoms with Crippen molar-refractivity contribution >= 4 is 35.4 Å². The van der Waals surface area contributed by atoms with Gasteiger partial charge >= 0.3 is 18.0 Å². The van der Waals surface area contributed by atoms with Gasteiger partial charge in [-0.15, -0.1) is 0 Å². The van der Waals surface area contributed by atoms with Gasteiger partial charge in [-0.05, 0) is 36.7 Å². The van der Waals surface area contributed by atoms with Crippen molar-refractivity contribution < 1.29 is 39.2 Å². The molecule has 0 fully saturated rings. The van der Waals surface area contributed by atoms with Gasteiger partial charge in [0.1, 0.15) is 17.5 Å². The molecule has 0 aliphatic heterocycles. The maximum Gasteiger partial charge on any atom is 0.411 e. The largest absolute Gasteiger partial charge is 0.478 e. The normalized spacial score (nSPS) is 11.8. The highest BCUT2D eigenvalue weighted by atomic mass is 19.1. The van der Waals surface area contributed by atoms with E-state index in [1.54, 1.807) is 6.92 Å². The molecule has 0 atom stereocenters. The number of hydrogen-bond acceptors (Lipinski definition) is 7. The first-order valence-electron chi connectivity index (χ1n) is 10.2. The number of nitrogens with two attached hydrogens (primary N) is 1. The fourth-order valence-corrected chi connectivity index (χ4v) is 1.69. The van der Waals surface area contributed by atoms with E-state index in [0.717, 1.165) is 0 Å². The number of aromatic nitrogens is 1. The van der Waals surface area contributed by atoms with Crippen LogP contribution in [0.1, 0.15) is 18.0 Å². The summed E-state index contributed by atoms with van der Waals surface area (Å²) in [5, 5.41) is 20.8. The van der Waals surface area contributed by atoms with Crippen LogP contribution in [0.25, 0.3) is 0 Å². The Morgan fingerprint density at radius 3 is 2.30 bits per heavy atom. The molecule has 2 aromatic rings. The minimum Gasteiger partial charge on any atom is -0.478 e. The van der Waals surface area contributed by atoms with E-state index in [9.17, 15) is 18.8 Å². The predicted octanol–water partition coefficient (Wildman–Crippen LogP) is 2.70. The molecule has 0 saturated heterocycles. The van der Waals surface area contributed by atoms with Crippen LogP contribution in [0, 0.1) is 5.82 Å². The second-order valence-corrected chi connectivity index (χ2v) is 5.13. The standard InChI is InChI=1S/C15H17FN4O2.C4H4O4/c1-2-22-15(21)19-12-7-8-13(20-14(12)17)18-9-10-3-5-11(16)6-4-10;5-3(6)1-2-4(7)8/h3-8H,2,9H2,1H3,(H,19,21)(H3,17,18,20);1-2H,(H,5,6)(H,7,8)/i3D,4D,5D,6D;. The highest BCUT2D eigenvalue weighted by Crippen LogP contribution is 2.19. The number of carbonyl (C=O) groups is 3. The molecule has 0 bridgehead atoms. The third kappa shape index (κ3) is 9.69. The number of amides is 1. The lowest BCUT2D eigenvalue weighted by Gasteiger charge is -2.10. The van der Waals surface area contributed by atoms with Crippen molar-refractivity contribution in [3.8, 4) is 0 Å². The van der Waals surface area contributed by atoms with Gasteiger partial charge in [-0.25, -0.2) is 23.8 Å². The molecule has 1 amide bonds. The summed E-state index contributed by atoms with van der Waals surface area (Å²) >= 11 is 0. The van der Waals surface area contributed by atoms with Crippen LogP contribution in [0.15, 0.2) is 48.5 Å². The number of carboxylic acids is 2. The molecule has 10 nitrogen and oxygen atoms in total. The van der Waals surface area contributed by atoms with Crippen LogP contribution in [0.4, 0.5) is 26.5 Å². The number of anilines is 3. The molecule has 6 N–H and O–H groups in total. The van der Waals surface area contributed by atoms with Crippen molar-refractivity contribution in [1.29, 1.82) is 0 Å². The van der Waals surface area contributed by atoms with Crippen molar-refractivity contribution in [1.82, 2.24) is 4.98 Å². The van der Waals surface area contributed by atoms with Crippen LogP contribution in [0.3, 0.4) is 0 Å². The summed E-state index contributed by atoms with van der Waals surface area (Å²) < 4.78 is 48.8. The lowest BCUT2D eigenvalue weighted by molar-refractivity contribution is -0.134. The number of nitrogens with one attached hydrogen (secondary N) is 2. The summed E-state index contributed by atoms with van der Waals surface area (Å²) in [4.78, 5) is 34.5. The van der Waals surface area contributed by atoms with Gasteiger partial charge < -0.3 is 26.0 Å². The van der Waals surface area contributed by atoms with Gasteiger partial charge in [0.25, 0.3) is 0 Å². The molecule has 11 heteroatoms. The molecule has 1 heterocycles. The van der Waals surface area contributed by atoms with Crippen LogP contribution in [-0.4, -0.2) is 39.8 Å². The number of nitrogens with zero attached hydrogens (tertiary/aromatic N) is 1. The first kappa shape index (κ1) is 17.9. The number of carbonyl (C=O) groups excluding carboxylic acids is 1. The first-order valence-corrected chi connectivity index (χ1v) is 8.21. The van der Waals surface area contributed by atoms with Crippen molar-refractivity contribution in [2.24, 2.45) is 0 Å². The second-order valence-electron chi connectivity index (χ2n) is 5.13. The summed E-state index contributed by atoms with van der Waals surface area (Å²) in [7, 11) is 0. The van der Waals surface area contributed by atoms with Crippen LogP contribution in [-0.2, 0) is 20.9 Å². The predicted molar refractivity (Wildman–Crippen MR) is 107 cm³/mol. The number of halogens is 1. The van der Waals surface area contributed by atoms with Crippen molar-refractivity contribution in [2.75, 3.05) is 23.0 Å². The molecule has 160 valence electrons. The van der Waals surface area contributed by atoms with Crippen molar-refractivity contribution in [3.05, 3.63) is 59.8 Å². The van der Waals surface area contributed by atoms with Crippen LogP contribution < -0.4 is 16.4 Å². The summed E-state index contributed by atoms with van der Waals surface area (Å²) in [5.74, 6) is -3.42. The Balaban J connectivity index is 0.000000620. The number of nitrogen functional groups attached to an aromatic ring is 1. The summed E-state index contributed by atoms with van der Waals surface area (Å²) in [6, 6.07) is 0.585. The number of ether oxygens (including phenoxy) is 1. The van der Waals surface area contributed by atoms with Crippen LogP contribution >= 0.6 is 0 Å². The maximum absolute atomic E-state index is 13.5. The van der Waals surface area contributed by atoms with Gasteiger partial charge in [-0.1, -0.05) is 12.1 Å². The Morgan fingerprint density at radius 1 is 1.20 bits per heavy atom. The fourth-order valence-electron chi connectivity index (χ4n) is 1.69. The Bertz CT molecular complexity index is 1070. The topological polar surface area (TPSA) is 164 Å². The van der Waals surface area contributed by atoms with Gasteiger partial charge in [-0.2, -0.15) is 0 Å². The lowest BCUT2D eigenvalue weighted by atomic mass is 10.2. The van der Waals surface area contributed by atoms with Crippen LogP contribution in [0.5, 0.6) is 0 Å². The second kappa shape index (κ2) is 12.3. The number of rotatable bonds is 7. The Labute approximate surface area is 176 Å². The number of carboxylic acid groups (broad SMARTS) is 2. The average Bonchev–Trinajstić information content (AvgIpc) is 2.77. The Hall–Kier alpha value is -4.15. The molecule has 30 heavy (non-hydrogen) atoms. The van der Waals surface area contributed by atoms with E-state index in [1.165, 1.54) is 12.1 Å². The zero-order valence-corrected chi connectivity index (χ0v) is 15.7. The number of aliphatic carboxylic acids is 2. The Morgan fingerprint density at radius 2 is 1.80 bits per heavy atom. The lowest BCUT2D eigenvalue weighted by Crippen LogP contribution is -2.15. The number of pyridine rings is 1. The maximum atomic E-state index is 13.5. The summed E-state index contributed by atoms with van der Waals surface area (Å²) in [5.41, 5.74) is 6.00. The third-order valence-electron chi connectivity index (χ3n) is 2.90. The zero-order valence-electron chi connectivity index (χ0n) is 19.7. The number of hydrogen-bond donors (Lipinski definition) is 5. The highest BCUT2D eigenvalue weighted by molar-refractivity contribution is 5.89. The molecule has 1 aromatic heterocycles. The smallest absolute Gasteiger partial charge is 0.411 e. The number of benzene rings is 1. The van der Waals surface area contributed by atoms with E-state index in [1.807, 2.05) is 0 Å². The molecular formula is C19H21FN4O6. The van der Waals surface area contributed by atoms with E-state index in [2.05, 4.69) is 15.6 Å². The van der Waals surface area contributed by atoms with Crippen molar-refractivity contribution in [3.63, 3.8) is 0 Å². The quantitative estimate of drug-likeness (QED) is 0.420. The molecule has 0 spiro atoms. The highest BCUT2D eigenvalue weighted by Gasteiger charge is 2.07. The van der Waals surface area contributed by atoms with Gasteiger partial charge in [-0.3, -0.25) is 5.32 Å². The van der Waals surface area contributed by atoms with Gasteiger partial charge in [0.05, 0.1) is 17.8 Å². The molecule has 0 radical (unpaired) electrons. The fraction of sp³-hybridized carbons (Fsp3) is 0.158. The Kier molecular flexibility index (Phi) is 7.37. The SMILES string of the molecule is O=C(O)C=CC(=O)O.[2H]c1c([2H])c(CNc2ccc(NC(=O)OCC)c(N)n2)c([2H])c([2H])c1F. The molecule has 0 aliphatic carbocycles. The molecule has 2 rings (SSSR count).